The molecule has 3 aliphatic rings. The van der Waals surface area contributed by atoms with Crippen LogP contribution in [-0.2, 0) is 4.74 Å². The molecule has 2 bridgehead atoms. The van der Waals surface area contributed by atoms with E-state index in [2.05, 4.69) is 31.0 Å². The molecule has 1 N–H and O–H groups in total. The van der Waals surface area contributed by atoms with Crippen LogP contribution in [0.15, 0.2) is 48.5 Å². The molecule has 2 fully saturated rings. The highest BCUT2D eigenvalue weighted by Crippen LogP contribution is 2.52. The van der Waals surface area contributed by atoms with Crippen molar-refractivity contribution < 1.29 is 14.3 Å². The first-order chi connectivity index (χ1) is 16.2. The van der Waals surface area contributed by atoms with Gasteiger partial charge in [-0.2, -0.15) is 0 Å². The Morgan fingerprint density at radius 2 is 1.82 bits per heavy atom. The highest BCUT2D eigenvalue weighted by atomic mass is 16.5. The molecule has 0 spiro atoms. The predicted octanol–water partition coefficient (Wildman–Crippen LogP) is 4.94. The van der Waals surface area contributed by atoms with E-state index < -0.39 is 0 Å². The van der Waals surface area contributed by atoms with Crippen molar-refractivity contribution in [2.45, 2.75) is 52.2 Å². The first-order valence-corrected chi connectivity index (χ1v) is 12.3. The van der Waals surface area contributed by atoms with E-state index in [4.69, 9.17) is 4.74 Å². The van der Waals surface area contributed by atoms with Crippen molar-refractivity contribution in [3.8, 4) is 0 Å². The number of hydrogen-bond acceptors (Lipinski definition) is 4. The van der Waals surface area contributed by atoms with Gasteiger partial charge < -0.3 is 19.9 Å². The highest BCUT2D eigenvalue weighted by molar-refractivity contribution is 5.99. The lowest BCUT2D eigenvalue weighted by atomic mass is 9.65. The van der Waals surface area contributed by atoms with Gasteiger partial charge in [-0.15, -0.1) is 0 Å². The molecule has 0 aromatic heterocycles. The molecular weight excluding hydrogens is 426 g/mol. The number of benzene rings is 2. The quantitative estimate of drug-likeness (QED) is 0.662. The van der Waals surface area contributed by atoms with E-state index in [1.165, 1.54) is 6.42 Å². The third-order valence-electron chi connectivity index (χ3n) is 7.71. The Morgan fingerprint density at radius 3 is 2.56 bits per heavy atom. The maximum Gasteiger partial charge on any atom is 0.256 e. The Bertz CT molecular complexity index is 1100. The maximum atomic E-state index is 13.4. The number of ether oxygens (including phenoxy) is 1. The first-order valence-electron chi connectivity index (χ1n) is 12.3. The van der Waals surface area contributed by atoms with Gasteiger partial charge in [0, 0.05) is 48.6 Å². The molecule has 0 radical (unpaired) electrons. The summed E-state index contributed by atoms with van der Waals surface area (Å²) >= 11 is 0. The lowest BCUT2D eigenvalue weighted by Gasteiger charge is -2.39. The Kier molecular flexibility index (Phi) is 5.67. The fraction of sp³-hybridized carbons (Fsp3) is 0.500. The van der Waals surface area contributed by atoms with Gasteiger partial charge in [0.15, 0.2) is 0 Å². The summed E-state index contributed by atoms with van der Waals surface area (Å²) in [6.45, 7) is 8.80. The van der Waals surface area contributed by atoms with Crippen molar-refractivity contribution in [2.24, 2.45) is 10.8 Å². The number of anilines is 1. The minimum Gasteiger partial charge on any atom is -0.383 e. The zero-order chi connectivity index (χ0) is 24.1. The SMILES string of the molecule is COCCN1C(=O)c2ccccc2C1Nc1ccc(C(=O)N2CC3(C)CC2CC(C)(C)C3)cc1. The fourth-order valence-electron chi connectivity index (χ4n) is 6.68. The molecule has 1 saturated heterocycles. The molecule has 2 heterocycles. The van der Waals surface area contributed by atoms with Crippen LogP contribution in [0.4, 0.5) is 5.69 Å². The summed E-state index contributed by atoms with van der Waals surface area (Å²) in [6, 6.07) is 15.7. The number of carbonyl (C=O) groups is 2. The second kappa shape index (κ2) is 8.42. The largest absolute Gasteiger partial charge is 0.383 e. The molecule has 3 atom stereocenters. The smallest absolute Gasteiger partial charge is 0.256 e. The standard InChI is InChI=1S/C28H35N3O3/c1-27(2)15-21-16-28(3,17-27)18-31(21)25(32)19-9-11-20(12-10-19)29-24-22-7-5-6-8-23(22)26(33)30(24)13-14-34-4/h5-12,21,24,29H,13-18H2,1-4H3. The van der Waals surface area contributed by atoms with E-state index in [-0.39, 0.29) is 28.8 Å². The molecule has 5 rings (SSSR count). The number of likely N-dealkylation sites (tertiary alicyclic amines) is 1. The number of hydrogen-bond donors (Lipinski definition) is 1. The first kappa shape index (κ1) is 22.9. The van der Waals surface area contributed by atoms with E-state index in [1.807, 2.05) is 48.5 Å². The summed E-state index contributed by atoms with van der Waals surface area (Å²) in [5.74, 6) is 0.134. The summed E-state index contributed by atoms with van der Waals surface area (Å²) in [7, 11) is 1.64. The van der Waals surface area contributed by atoms with E-state index >= 15 is 0 Å². The monoisotopic (exact) mass is 461 g/mol. The van der Waals surface area contributed by atoms with E-state index in [0.29, 0.717) is 19.2 Å². The van der Waals surface area contributed by atoms with Gasteiger partial charge in [0.2, 0.25) is 0 Å². The van der Waals surface area contributed by atoms with Crippen LogP contribution < -0.4 is 5.32 Å². The number of carbonyl (C=O) groups excluding carboxylic acids is 2. The van der Waals surface area contributed by atoms with E-state index in [1.54, 1.807) is 12.0 Å². The second-order valence-electron chi connectivity index (χ2n) is 11.3. The molecule has 3 unspecified atom stereocenters. The molecule has 1 aliphatic carbocycles. The summed E-state index contributed by atoms with van der Waals surface area (Å²) < 4.78 is 5.23. The van der Waals surface area contributed by atoms with Gasteiger partial charge in [-0.3, -0.25) is 9.59 Å². The summed E-state index contributed by atoms with van der Waals surface area (Å²) in [4.78, 5) is 30.3. The maximum absolute atomic E-state index is 13.4. The lowest BCUT2D eigenvalue weighted by molar-refractivity contribution is 0.0673. The van der Waals surface area contributed by atoms with Crippen LogP contribution in [0.2, 0.25) is 0 Å². The van der Waals surface area contributed by atoms with Crippen molar-refractivity contribution in [1.82, 2.24) is 9.80 Å². The number of amides is 2. The summed E-state index contributed by atoms with van der Waals surface area (Å²) in [5.41, 5.74) is 3.78. The Hall–Kier alpha value is -2.86. The molecule has 34 heavy (non-hydrogen) atoms. The summed E-state index contributed by atoms with van der Waals surface area (Å²) in [5, 5.41) is 3.50. The molecule has 1 saturated carbocycles. The van der Waals surface area contributed by atoms with Crippen LogP contribution in [0.1, 0.15) is 72.5 Å². The number of fused-ring (bicyclic) bond motifs is 3. The van der Waals surface area contributed by atoms with Crippen LogP contribution in [0.25, 0.3) is 0 Å². The number of rotatable bonds is 6. The molecule has 2 aliphatic heterocycles. The molecule has 6 heteroatoms. The number of nitrogens with one attached hydrogen (secondary N) is 1. The molecule has 2 aromatic rings. The van der Waals surface area contributed by atoms with Gasteiger partial charge in [-0.05, 0) is 60.4 Å². The van der Waals surface area contributed by atoms with Crippen LogP contribution in [-0.4, -0.2) is 54.5 Å². The van der Waals surface area contributed by atoms with E-state index in [0.717, 1.165) is 41.8 Å². The third-order valence-corrected chi connectivity index (χ3v) is 7.71. The van der Waals surface area contributed by atoms with Crippen molar-refractivity contribution in [3.05, 3.63) is 65.2 Å². The zero-order valence-electron chi connectivity index (χ0n) is 20.6. The molecule has 6 nitrogen and oxygen atoms in total. The number of nitrogens with zero attached hydrogens (tertiary/aromatic N) is 2. The average Bonchev–Trinajstić information content (AvgIpc) is 3.21. The van der Waals surface area contributed by atoms with Gasteiger partial charge >= 0.3 is 0 Å². The van der Waals surface area contributed by atoms with Gasteiger partial charge in [0.25, 0.3) is 11.8 Å². The van der Waals surface area contributed by atoms with E-state index in [9.17, 15) is 9.59 Å². The molecular formula is C28H35N3O3. The Morgan fingerprint density at radius 1 is 1.09 bits per heavy atom. The molecule has 180 valence electrons. The predicted molar refractivity (Wildman–Crippen MR) is 133 cm³/mol. The van der Waals surface area contributed by atoms with Crippen molar-refractivity contribution in [2.75, 3.05) is 32.1 Å². The van der Waals surface area contributed by atoms with Crippen molar-refractivity contribution >= 4 is 17.5 Å². The van der Waals surface area contributed by atoms with Crippen molar-refractivity contribution in [3.63, 3.8) is 0 Å². The Labute approximate surface area is 202 Å². The highest BCUT2D eigenvalue weighted by Gasteiger charge is 2.51. The van der Waals surface area contributed by atoms with Crippen molar-refractivity contribution in [1.29, 1.82) is 0 Å². The van der Waals surface area contributed by atoms with Gasteiger partial charge in [0.1, 0.15) is 6.17 Å². The lowest BCUT2D eigenvalue weighted by Crippen LogP contribution is -2.37. The number of methoxy groups -OCH3 is 1. The van der Waals surface area contributed by atoms with Crippen LogP contribution in [0, 0.1) is 10.8 Å². The molecule has 2 amide bonds. The van der Waals surface area contributed by atoms with Crippen LogP contribution in [0.5, 0.6) is 0 Å². The second-order valence-corrected chi connectivity index (χ2v) is 11.3. The minimum absolute atomic E-state index is 0.00789. The van der Waals surface area contributed by atoms with Gasteiger partial charge in [-0.1, -0.05) is 39.0 Å². The summed E-state index contributed by atoms with van der Waals surface area (Å²) in [6.07, 6.45) is 3.08. The minimum atomic E-state index is -0.264. The van der Waals surface area contributed by atoms with Crippen LogP contribution >= 0.6 is 0 Å². The fourth-order valence-corrected chi connectivity index (χ4v) is 6.68. The normalized spacial score (nSPS) is 27.1. The zero-order valence-corrected chi connectivity index (χ0v) is 20.6. The van der Waals surface area contributed by atoms with Gasteiger partial charge in [0.05, 0.1) is 6.61 Å². The third kappa shape index (κ3) is 4.09. The van der Waals surface area contributed by atoms with Gasteiger partial charge in [-0.25, -0.2) is 0 Å². The van der Waals surface area contributed by atoms with Crippen LogP contribution in [0.3, 0.4) is 0 Å². The average molecular weight is 462 g/mol. The topological polar surface area (TPSA) is 61.9 Å². The Balaban J connectivity index is 1.33. The molecule has 2 aromatic carbocycles.